The maximum absolute atomic E-state index is 12.5. The highest BCUT2D eigenvalue weighted by Crippen LogP contribution is 2.30. The number of likely N-dealkylation sites (N-methyl/N-ethyl adjacent to an activating group) is 1. The number of hydrogen-bond donors (Lipinski definition) is 1. The van der Waals surface area contributed by atoms with Gasteiger partial charge in [-0.15, -0.1) is 0 Å². The van der Waals surface area contributed by atoms with Crippen LogP contribution in [0, 0.1) is 0 Å². The molecular weight excluding hydrogens is 231 g/mol. The number of pyridine rings is 1. The minimum Gasteiger partial charge on any atom is -0.366 e. The van der Waals surface area contributed by atoms with Crippen molar-refractivity contribution in [3.8, 4) is 0 Å². The van der Waals surface area contributed by atoms with Crippen LogP contribution < -0.4 is 5.32 Å². The molecule has 0 aliphatic carbocycles. The molecule has 6 heteroatoms. The third-order valence-corrected chi connectivity index (χ3v) is 2.83. The summed E-state index contributed by atoms with van der Waals surface area (Å²) >= 11 is 0. The Balaban J connectivity index is 2.06. The number of rotatable bonds is 2. The second-order valence-corrected chi connectivity index (χ2v) is 4.32. The minimum absolute atomic E-state index is 0.177. The molecule has 0 radical (unpaired) electrons. The second-order valence-electron chi connectivity index (χ2n) is 4.32. The summed E-state index contributed by atoms with van der Waals surface area (Å²) in [6, 6.07) is 2.21. The Hall–Kier alpha value is -1.30. The zero-order valence-corrected chi connectivity index (χ0v) is 9.46. The lowest BCUT2D eigenvalue weighted by Gasteiger charge is -2.14. The Kier molecular flexibility index (Phi) is 3.24. The highest BCUT2D eigenvalue weighted by atomic mass is 19.4. The number of hydrogen-bond acceptors (Lipinski definition) is 3. The van der Waals surface area contributed by atoms with Crippen LogP contribution in [-0.2, 0) is 6.18 Å². The monoisotopic (exact) mass is 245 g/mol. The third-order valence-electron chi connectivity index (χ3n) is 2.83. The maximum Gasteiger partial charge on any atom is 0.416 e. The van der Waals surface area contributed by atoms with Crippen LogP contribution in [0.4, 0.5) is 19.0 Å². The molecular formula is C11H14F3N3. The summed E-state index contributed by atoms with van der Waals surface area (Å²) < 4.78 is 37.4. The molecule has 1 unspecified atom stereocenters. The molecule has 2 rings (SSSR count). The van der Waals surface area contributed by atoms with Gasteiger partial charge in [0.1, 0.15) is 5.82 Å². The summed E-state index contributed by atoms with van der Waals surface area (Å²) in [7, 11) is 1.99. The van der Waals surface area contributed by atoms with E-state index in [4.69, 9.17) is 0 Å². The van der Waals surface area contributed by atoms with Crippen LogP contribution in [0.2, 0.25) is 0 Å². The predicted octanol–water partition coefficient (Wildman–Crippen LogP) is 2.22. The summed E-state index contributed by atoms with van der Waals surface area (Å²) in [6.07, 6.45) is -2.20. The van der Waals surface area contributed by atoms with E-state index in [0.29, 0.717) is 5.82 Å². The first kappa shape index (κ1) is 12.2. The standard InChI is InChI=1S/C11H14F3N3/c1-17-5-3-9(7-17)16-10-6-8(2-4-15-10)11(12,13)14/h2,4,6,9H,3,5,7H2,1H3,(H,15,16). The van der Waals surface area contributed by atoms with Gasteiger partial charge >= 0.3 is 6.18 Å². The lowest BCUT2D eigenvalue weighted by molar-refractivity contribution is -0.137. The fraction of sp³-hybridized carbons (Fsp3) is 0.545. The van der Waals surface area contributed by atoms with Gasteiger partial charge < -0.3 is 10.2 Å². The van der Waals surface area contributed by atoms with Gasteiger partial charge in [0, 0.05) is 18.8 Å². The zero-order chi connectivity index (χ0) is 12.5. The van der Waals surface area contributed by atoms with Crippen LogP contribution in [-0.4, -0.2) is 36.1 Å². The van der Waals surface area contributed by atoms with Gasteiger partial charge in [0.15, 0.2) is 0 Å². The zero-order valence-electron chi connectivity index (χ0n) is 9.46. The SMILES string of the molecule is CN1CCC(Nc2cc(C(F)(F)F)ccn2)C1. The van der Waals surface area contributed by atoms with Crippen molar-refractivity contribution in [1.29, 1.82) is 0 Å². The molecule has 0 saturated carbocycles. The van der Waals surface area contributed by atoms with Crippen molar-refractivity contribution in [3.63, 3.8) is 0 Å². The van der Waals surface area contributed by atoms with Gasteiger partial charge in [-0.05, 0) is 32.1 Å². The minimum atomic E-state index is -4.31. The molecule has 0 spiro atoms. The van der Waals surface area contributed by atoms with Crippen LogP contribution in [0.1, 0.15) is 12.0 Å². The van der Waals surface area contributed by atoms with Gasteiger partial charge in [0.25, 0.3) is 0 Å². The summed E-state index contributed by atoms with van der Waals surface area (Å²) in [5, 5.41) is 3.03. The van der Waals surface area contributed by atoms with Crippen LogP contribution in [0.25, 0.3) is 0 Å². The van der Waals surface area contributed by atoms with E-state index in [2.05, 4.69) is 15.2 Å². The van der Waals surface area contributed by atoms with Crippen molar-refractivity contribution in [1.82, 2.24) is 9.88 Å². The molecule has 1 atom stereocenters. The number of anilines is 1. The Morgan fingerprint density at radius 3 is 2.82 bits per heavy atom. The van der Waals surface area contributed by atoms with Crippen molar-refractivity contribution >= 4 is 5.82 Å². The summed E-state index contributed by atoms with van der Waals surface area (Å²) in [4.78, 5) is 6.04. The molecule has 1 fully saturated rings. The van der Waals surface area contributed by atoms with E-state index in [0.717, 1.165) is 31.6 Å². The number of nitrogens with one attached hydrogen (secondary N) is 1. The number of likely N-dealkylation sites (tertiary alicyclic amines) is 1. The van der Waals surface area contributed by atoms with E-state index < -0.39 is 11.7 Å². The molecule has 94 valence electrons. The van der Waals surface area contributed by atoms with Crippen LogP contribution >= 0.6 is 0 Å². The second kappa shape index (κ2) is 4.52. The lowest BCUT2D eigenvalue weighted by Crippen LogP contribution is -2.24. The molecule has 1 aromatic heterocycles. The van der Waals surface area contributed by atoms with Crippen LogP contribution in [0.5, 0.6) is 0 Å². The fourth-order valence-electron chi connectivity index (χ4n) is 1.95. The van der Waals surface area contributed by atoms with Crippen molar-refractivity contribution in [3.05, 3.63) is 23.9 Å². The first-order valence-corrected chi connectivity index (χ1v) is 5.43. The van der Waals surface area contributed by atoms with Crippen molar-refractivity contribution in [2.45, 2.75) is 18.6 Å². The fourth-order valence-corrected chi connectivity index (χ4v) is 1.95. The van der Waals surface area contributed by atoms with Crippen molar-refractivity contribution < 1.29 is 13.2 Å². The molecule has 1 saturated heterocycles. The van der Waals surface area contributed by atoms with Crippen LogP contribution in [0.3, 0.4) is 0 Å². The molecule has 0 bridgehead atoms. The molecule has 1 aliphatic rings. The van der Waals surface area contributed by atoms with E-state index in [1.807, 2.05) is 7.05 Å². The first-order valence-electron chi connectivity index (χ1n) is 5.43. The average Bonchev–Trinajstić information content (AvgIpc) is 2.63. The van der Waals surface area contributed by atoms with Crippen molar-refractivity contribution in [2.24, 2.45) is 0 Å². The number of aromatic nitrogens is 1. The van der Waals surface area contributed by atoms with Gasteiger partial charge in [-0.1, -0.05) is 0 Å². The van der Waals surface area contributed by atoms with Gasteiger partial charge in [-0.3, -0.25) is 0 Å². The quantitative estimate of drug-likeness (QED) is 0.866. The molecule has 17 heavy (non-hydrogen) atoms. The highest BCUT2D eigenvalue weighted by Gasteiger charge is 2.31. The van der Waals surface area contributed by atoms with E-state index in [1.54, 1.807) is 0 Å². The number of nitrogens with zero attached hydrogens (tertiary/aromatic N) is 2. The maximum atomic E-state index is 12.5. The van der Waals surface area contributed by atoms with E-state index in [-0.39, 0.29) is 6.04 Å². The van der Waals surface area contributed by atoms with E-state index in [9.17, 15) is 13.2 Å². The number of halogens is 3. The molecule has 3 nitrogen and oxygen atoms in total. The molecule has 0 amide bonds. The van der Waals surface area contributed by atoms with Gasteiger partial charge in [-0.2, -0.15) is 13.2 Å². The largest absolute Gasteiger partial charge is 0.416 e. The van der Waals surface area contributed by atoms with Gasteiger partial charge in [0.05, 0.1) is 5.56 Å². The van der Waals surface area contributed by atoms with E-state index >= 15 is 0 Å². The Morgan fingerprint density at radius 2 is 2.24 bits per heavy atom. The lowest BCUT2D eigenvalue weighted by atomic mass is 10.2. The van der Waals surface area contributed by atoms with Gasteiger partial charge in [0.2, 0.25) is 0 Å². The Labute approximate surface area is 97.6 Å². The number of alkyl halides is 3. The third kappa shape index (κ3) is 3.09. The summed E-state index contributed by atoms with van der Waals surface area (Å²) in [5.41, 5.74) is -0.665. The summed E-state index contributed by atoms with van der Waals surface area (Å²) in [5.74, 6) is 0.292. The molecule has 1 N–H and O–H groups in total. The van der Waals surface area contributed by atoms with E-state index in [1.165, 1.54) is 6.20 Å². The normalized spacial score (nSPS) is 21.8. The first-order chi connectivity index (χ1) is 7.95. The average molecular weight is 245 g/mol. The molecule has 0 aromatic carbocycles. The topological polar surface area (TPSA) is 28.2 Å². The molecule has 2 heterocycles. The van der Waals surface area contributed by atoms with Gasteiger partial charge in [-0.25, -0.2) is 4.98 Å². The highest BCUT2D eigenvalue weighted by molar-refractivity contribution is 5.39. The Morgan fingerprint density at radius 1 is 1.47 bits per heavy atom. The smallest absolute Gasteiger partial charge is 0.366 e. The molecule has 1 aromatic rings. The predicted molar refractivity (Wildman–Crippen MR) is 58.8 cm³/mol. The Bertz CT molecular complexity index is 392. The van der Waals surface area contributed by atoms with Crippen LogP contribution in [0.15, 0.2) is 18.3 Å². The molecule has 1 aliphatic heterocycles. The summed E-state index contributed by atoms with van der Waals surface area (Å²) in [6.45, 7) is 1.79. The van der Waals surface area contributed by atoms with Crippen molar-refractivity contribution in [2.75, 3.05) is 25.5 Å².